The maximum absolute atomic E-state index is 14.8. The topological polar surface area (TPSA) is 49.7 Å². The summed E-state index contributed by atoms with van der Waals surface area (Å²) in [6.45, 7) is 3.02. The van der Waals surface area contributed by atoms with Gasteiger partial charge in [-0.25, -0.2) is 4.90 Å². The molecule has 8 rings (SSSR count). The first-order valence-electron chi connectivity index (χ1n) is 19.2. The van der Waals surface area contributed by atoms with Crippen LogP contribution in [0.25, 0.3) is 10.8 Å². The molecular weight excluding hydrogens is 601 g/mol. The Labute approximate surface area is 293 Å². The van der Waals surface area contributed by atoms with Crippen molar-refractivity contribution in [3.8, 4) is 0 Å². The fourth-order valence-corrected chi connectivity index (χ4v) is 9.30. The zero-order valence-electron chi connectivity index (χ0n) is 29.3. The normalized spacial score (nSPS) is 22.2. The summed E-state index contributed by atoms with van der Waals surface area (Å²) in [6.07, 6.45) is 20.7. The molecule has 2 atom stereocenters. The molecule has 0 N–H and O–H groups in total. The Bertz CT molecular complexity index is 1750. The van der Waals surface area contributed by atoms with E-state index < -0.39 is 17.3 Å². The number of amides is 2. The minimum atomic E-state index is -0.783. The molecule has 1 aliphatic heterocycles. The molecule has 254 valence electrons. The molecule has 0 unspecified atom stereocenters. The summed E-state index contributed by atoms with van der Waals surface area (Å²) in [6, 6.07) is 30.9. The number of hydrogen-bond acceptors (Lipinski definition) is 3. The molecule has 0 saturated carbocycles. The number of aliphatic imine (C=N–C) groups is 1. The van der Waals surface area contributed by atoms with Gasteiger partial charge in [-0.3, -0.25) is 14.6 Å². The third-order valence-electron chi connectivity index (χ3n) is 11.6. The molecule has 3 aliphatic carbocycles. The largest absolute Gasteiger partial charge is 0.296 e. The fourth-order valence-electron chi connectivity index (χ4n) is 9.30. The second-order valence-corrected chi connectivity index (χ2v) is 14.7. The van der Waals surface area contributed by atoms with Crippen LogP contribution in [-0.2, 0) is 15.0 Å². The van der Waals surface area contributed by atoms with Crippen LogP contribution in [0.2, 0.25) is 0 Å². The molecule has 0 spiro atoms. The Hall–Kier alpha value is -4.05. The van der Waals surface area contributed by atoms with E-state index >= 15 is 0 Å². The lowest BCUT2D eigenvalue weighted by Crippen LogP contribution is -2.54. The molecule has 1 saturated heterocycles. The van der Waals surface area contributed by atoms with Gasteiger partial charge >= 0.3 is 0 Å². The average molecular weight is 653 g/mol. The van der Waals surface area contributed by atoms with Crippen LogP contribution in [0.4, 0.5) is 5.69 Å². The lowest BCUT2D eigenvalue weighted by Gasteiger charge is -2.52. The van der Waals surface area contributed by atoms with Crippen LogP contribution in [0.15, 0.2) is 96.0 Å². The number of hydrogen-bond donors (Lipinski definition) is 0. The highest BCUT2D eigenvalue weighted by Crippen LogP contribution is 2.63. The molecule has 4 aliphatic rings. The van der Waals surface area contributed by atoms with E-state index in [0.717, 1.165) is 46.0 Å². The fraction of sp³-hybridized carbons (Fsp3) is 0.444. The summed E-state index contributed by atoms with van der Waals surface area (Å²) in [7, 11) is 0. The summed E-state index contributed by atoms with van der Waals surface area (Å²) < 4.78 is 0. The molecule has 4 heteroatoms. The predicted octanol–water partition coefficient (Wildman–Crippen LogP) is 10.9. The summed E-state index contributed by atoms with van der Waals surface area (Å²) in [5.41, 5.74) is 4.48. The Balaban J connectivity index is 1.06. The van der Waals surface area contributed by atoms with Gasteiger partial charge in [0.15, 0.2) is 0 Å². The van der Waals surface area contributed by atoms with Crippen molar-refractivity contribution in [3.05, 3.63) is 113 Å². The van der Waals surface area contributed by atoms with Gasteiger partial charge in [0.1, 0.15) is 0 Å². The SMILES string of the molecule is CCCCCCCCCCCCCCCCN=CC12c3ccccc3C(c3ccccc31)[C@@H]1C(=O)N(c3cccc4ccccc34)C(=O)[C@@H]12. The number of fused-ring (bicyclic) bond motifs is 1. The Morgan fingerprint density at radius 3 is 1.78 bits per heavy atom. The van der Waals surface area contributed by atoms with Crippen molar-refractivity contribution in [3.63, 3.8) is 0 Å². The number of rotatable bonds is 17. The summed E-state index contributed by atoms with van der Waals surface area (Å²) >= 11 is 0. The third kappa shape index (κ3) is 6.17. The zero-order chi connectivity index (χ0) is 33.6. The van der Waals surface area contributed by atoms with Crippen molar-refractivity contribution in [1.82, 2.24) is 0 Å². The van der Waals surface area contributed by atoms with E-state index in [0.29, 0.717) is 5.69 Å². The Morgan fingerprint density at radius 1 is 0.612 bits per heavy atom. The van der Waals surface area contributed by atoms with Gasteiger partial charge in [-0.1, -0.05) is 175 Å². The van der Waals surface area contributed by atoms with Crippen molar-refractivity contribution < 1.29 is 9.59 Å². The number of unbranched alkanes of at least 4 members (excludes halogenated alkanes) is 13. The molecule has 0 aromatic heterocycles. The van der Waals surface area contributed by atoms with Gasteiger partial charge in [-0.15, -0.1) is 0 Å². The third-order valence-corrected chi connectivity index (χ3v) is 11.6. The predicted molar refractivity (Wildman–Crippen MR) is 203 cm³/mol. The highest BCUT2D eigenvalue weighted by molar-refractivity contribution is 6.27. The number of nitrogens with zero attached hydrogens (tertiary/aromatic N) is 2. The van der Waals surface area contributed by atoms with Crippen LogP contribution in [0.5, 0.6) is 0 Å². The van der Waals surface area contributed by atoms with Crippen molar-refractivity contribution in [2.45, 2.75) is 108 Å². The Morgan fingerprint density at radius 2 is 1.14 bits per heavy atom. The number of carbonyl (C=O) groups is 2. The average Bonchev–Trinajstić information content (AvgIpc) is 3.41. The number of imide groups is 1. The van der Waals surface area contributed by atoms with Crippen molar-refractivity contribution in [2.75, 3.05) is 11.4 Å². The monoisotopic (exact) mass is 652 g/mol. The van der Waals surface area contributed by atoms with Gasteiger partial charge in [-0.2, -0.15) is 0 Å². The first-order valence-corrected chi connectivity index (χ1v) is 19.2. The molecule has 1 heterocycles. The van der Waals surface area contributed by atoms with Crippen LogP contribution in [0.1, 0.15) is 125 Å². The molecule has 49 heavy (non-hydrogen) atoms. The number of carbonyl (C=O) groups excluding carboxylic acids is 2. The second-order valence-electron chi connectivity index (χ2n) is 14.7. The lowest BCUT2D eigenvalue weighted by atomic mass is 9.47. The van der Waals surface area contributed by atoms with E-state index in [4.69, 9.17) is 4.99 Å². The van der Waals surface area contributed by atoms with Gasteiger partial charge in [-0.05, 0) is 40.1 Å². The number of anilines is 1. The first kappa shape index (κ1) is 33.4. The van der Waals surface area contributed by atoms with Crippen LogP contribution >= 0.6 is 0 Å². The van der Waals surface area contributed by atoms with Gasteiger partial charge < -0.3 is 0 Å². The molecule has 4 aromatic rings. The van der Waals surface area contributed by atoms with Crippen LogP contribution in [0.3, 0.4) is 0 Å². The quantitative estimate of drug-likeness (QED) is 0.0647. The highest BCUT2D eigenvalue weighted by Gasteiger charge is 2.68. The van der Waals surface area contributed by atoms with Gasteiger partial charge in [0.25, 0.3) is 0 Å². The van der Waals surface area contributed by atoms with Crippen LogP contribution in [-0.4, -0.2) is 24.6 Å². The van der Waals surface area contributed by atoms with Crippen molar-refractivity contribution in [1.29, 1.82) is 0 Å². The standard InChI is InChI=1S/C45H52N2O2/c1-2-3-4-5-6-7-8-9-10-11-12-13-14-21-31-46-32-45-37-28-19-17-26-35(37)40(36-27-18-20-29-38(36)45)41-42(45)44(49)47(43(41)48)39-30-22-24-33-23-15-16-25-34(33)39/h15-20,22-30,32,40-42H,2-14,21,31H2,1H3/t40?,41-,42+,45?/m0/s1. The first-order chi connectivity index (χ1) is 24.2. The van der Waals surface area contributed by atoms with E-state index in [1.54, 1.807) is 0 Å². The molecule has 0 radical (unpaired) electrons. The van der Waals surface area contributed by atoms with Gasteiger partial charge in [0.2, 0.25) is 11.8 Å². The molecule has 4 aromatic carbocycles. The molecule has 2 bridgehead atoms. The molecule has 4 nitrogen and oxygen atoms in total. The van der Waals surface area contributed by atoms with E-state index in [1.807, 2.05) is 42.5 Å². The van der Waals surface area contributed by atoms with Gasteiger partial charge in [0, 0.05) is 24.1 Å². The van der Waals surface area contributed by atoms with Gasteiger partial charge in [0.05, 0.1) is 22.9 Å². The summed E-state index contributed by atoms with van der Waals surface area (Å²) in [5, 5.41) is 1.95. The molecular formula is C45H52N2O2. The molecule has 2 amide bonds. The Kier molecular flexibility index (Phi) is 10.4. The van der Waals surface area contributed by atoms with E-state index in [-0.39, 0.29) is 17.7 Å². The van der Waals surface area contributed by atoms with E-state index in [1.165, 1.54) is 88.4 Å². The lowest BCUT2D eigenvalue weighted by molar-refractivity contribution is -0.122. The highest BCUT2D eigenvalue weighted by atomic mass is 16.2. The summed E-state index contributed by atoms with van der Waals surface area (Å²) in [5.74, 6) is -1.36. The van der Waals surface area contributed by atoms with Crippen LogP contribution < -0.4 is 4.90 Å². The zero-order valence-corrected chi connectivity index (χ0v) is 29.3. The van der Waals surface area contributed by atoms with E-state index in [9.17, 15) is 9.59 Å². The minimum absolute atomic E-state index is 0.0925. The van der Waals surface area contributed by atoms with E-state index in [2.05, 4.69) is 61.7 Å². The molecule has 1 fully saturated rings. The minimum Gasteiger partial charge on any atom is -0.296 e. The second kappa shape index (κ2) is 15.2. The summed E-state index contributed by atoms with van der Waals surface area (Å²) in [4.78, 5) is 36.1. The van der Waals surface area contributed by atoms with Crippen molar-refractivity contribution in [2.24, 2.45) is 16.8 Å². The van der Waals surface area contributed by atoms with Crippen molar-refractivity contribution >= 4 is 34.5 Å². The maximum atomic E-state index is 14.8. The smallest absolute Gasteiger partial charge is 0.239 e. The number of benzene rings is 4. The maximum Gasteiger partial charge on any atom is 0.239 e. The van der Waals surface area contributed by atoms with Crippen LogP contribution in [0, 0.1) is 11.8 Å².